The Labute approximate surface area is 205 Å². The summed E-state index contributed by atoms with van der Waals surface area (Å²) in [5.41, 5.74) is 1.68. The van der Waals surface area contributed by atoms with E-state index in [-0.39, 0.29) is 18.0 Å². The lowest BCUT2D eigenvalue weighted by atomic mass is 10.1. The molecule has 0 aliphatic carbocycles. The Kier molecular flexibility index (Phi) is 8.92. The molecule has 3 aromatic rings. The molecule has 0 bridgehead atoms. The van der Waals surface area contributed by atoms with E-state index in [1.54, 1.807) is 62.8 Å². The van der Waals surface area contributed by atoms with Crippen LogP contribution in [0, 0.1) is 0 Å². The molecule has 0 aromatic heterocycles. The Balaban J connectivity index is 1.69. The van der Waals surface area contributed by atoms with E-state index < -0.39 is 15.9 Å². The Morgan fingerprint density at radius 1 is 0.912 bits per heavy atom. The third kappa shape index (κ3) is 6.72. The van der Waals surface area contributed by atoms with Crippen molar-refractivity contribution in [3.63, 3.8) is 0 Å². The number of halogens is 1. The van der Waals surface area contributed by atoms with Gasteiger partial charge in [-0.1, -0.05) is 48.0 Å². The lowest BCUT2D eigenvalue weighted by molar-refractivity contribution is -0.121. The van der Waals surface area contributed by atoms with Crippen molar-refractivity contribution in [2.75, 3.05) is 27.3 Å². The van der Waals surface area contributed by atoms with Crippen LogP contribution in [-0.4, -0.2) is 45.9 Å². The lowest BCUT2D eigenvalue weighted by Gasteiger charge is -2.22. The minimum absolute atomic E-state index is 0.0392. The number of rotatable bonds is 11. The van der Waals surface area contributed by atoms with Crippen LogP contribution >= 0.6 is 11.6 Å². The molecular formula is C25H27ClN2O5S. The predicted octanol–water partition coefficient (Wildman–Crippen LogP) is 3.91. The molecule has 7 nitrogen and oxygen atoms in total. The highest BCUT2D eigenvalue weighted by molar-refractivity contribution is 7.89. The maximum atomic E-state index is 13.3. The van der Waals surface area contributed by atoms with E-state index in [9.17, 15) is 13.2 Å². The van der Waals surface area contributed by atoms with E-state index in [0.717, 1.165) is 15.4 Å². The van der Waals surface area contributed by atoms with E-state index in [1.807, 2.05) is 12.1 Å². The third-order valence-electron chi connectivity index (χ3n) is 5.16. The molecule has 0 fully saturated rings. The van der Waals surface area contributed by atoms with Gasteiger partial charge in [0.15, 0.2) is 11.5 Å². The van der Waals surface area contributed by atoms with Crippen LogP contribution in [0.5, 0.6) is 11.5 Å². The predicted molar refractivity (Wildman–Crippen MR) is 132 cm³/mol. The number of carbonyl (C=O) groups is 1. The maximum Gasteiger partial charge on any atom is 0.243 e. The second kappa shape index (κ2) is 11.9. The van der Waals surface area contributed by atoms with E-state index in [0.29, 0.717) is 29.5 Å². The molecule has 0 aliphatic rings. The summed E-state index contributed by atoms with van der Waals surface area (Å²) in [6, 6.07) is 20.5. The fraction of sp³-hybridized carbons (Fsp3) is 0.240. The summed E-state index contributed by atoms with van der Waals surface area (Å²) in [6.07, 6.45) is 0.550. The molecule has 0 atom stereocenters. The summed E-state index contributed by atoms with van der Waals surface area (Å²) in [6.45, 7) is 0.0672. The van der Waals surface area contributed by atoms with Gasteiger partial charge in [-0.25, -0.2) is 8.42 Å². The zero-order chi connectivity index (χ0) is 24.6. The minimum atomic E-state index is -3.89. The second-order valence-electron chi connectivity index (χ2n) is 7.50. The molecule has 0 aliphatic heterocycles. The summed E-state index contributed by atoms with van der Waals surface area (Å²) in [7, 11) is -0.761. The van der Waals surface area contributed by atoms with Gasteiger partial charge in [0.1, 0.15) is 0 Å². The Hall–Kier alpha value is -3.07. The zero-order valence-electron chi connectivity index (χ0n) is 19.0. The molecule has 0 saturated carbocycles. The molecule has 9 heteroatoms. The zero-order valence-corrected chi connectivity index (χ0v) is 20.6. The van der Waals surface area contributed by atoms with Crippen LogP contribution in [0.15, 0.2) is 77.7 Å². The van der Waals surface area contributed by atoms with Gasteiger partial charge in [-0.15, -0.1) is 0 Å². The van der Waals surface area contributed by atoms with Crippen LogP contribution in [0.4, 0.5) is 0 Å². The number of amides is 1. The largest absolute Gasteiger partial charge is 0.493 e. The summed E-state index contributed by atoms with van der Waals surface area (Å²) in [4.78, 5) is 12.8. The van der Waals surface area contributed by atoms with Crippen molar-refractivity contribution < 1.29 is 22.7 Å². The molecule has 3 rings (SSSR count). The number of benzene rings is 3. The molecule has 0 radical (unpaired) electrons. The van der Waals surface area contributed by atoms with Crippen LogP contribution in [0.25, 0.3) is 0 Å². The standard InChI is InChI=1S/C25H27ClN2O5S/c1-32-23-13-10-19(16-24(23)33-2)14-15-27-25(29)18-28(17-20-8-11-21(26)12-9-20)34(30,31)22-6-4-3-5-7-22/h3-13,16H,14-15,17-18H2,1-2H3,(H,27,29). The average molecular weight is 503 g/mol. The monoisotopic (exact) mass is 502 g/mol. The molecule has 180 valence electrons. The SMILES string of the molecule is COc1ccc(CCNC(=O)CN(Cc2ccc(Cl)cc2)S(=O)(=O)c2ccccc2)cc1OC. The number of methoxy groups -OCH3 is 2. The number of carbonyl (C=O) groups excluding carboxylic acids is 1. The Morgan fingerprint density at radius 3 is 2.21 bits per heavy atom. The number of ether oxygens (including phenoxy) is 2. The normalized spacial score (nSPS) is 11.3. The highest BCUT2D eigenvalue weighted by Gasteiger charge is 2.26. The quantitative estimate of drug-likeness (QED) is 0.430. The number of nitrogens with one attached hydrogen (secondary N) is 1. The van der Waals surface area contributed by atoms with E-state index in [1.165, 1.54) is 12.1 Å². The van der Waals surface area contributed by atoms with Crippen LogP contribution in [0.2, 0.25) is 5.02 Å². The van der Waals surface area contributed by atoms with Gasteiger partial charge in [0, 0.05) is 18.1 Å². The van der Waals surface area contributed by atoms with Gasteiger partial charge in [-0.2, -0.15) is 4.31 Å². The van der Waals surface area contributed by atoms with Crippen LogP contribution in [0.3, 0.4) is 0 Å². The third-order valence-corrected chi connectivity index (χ3v) is 7.21. The van der Waals surface area contributed by atoms with Crippen molar-refractivity contribution in [2.45, 2.75) is 17.9 Å². The van der Waals surface area contributed by atoms with Crippen molar-refractivity contribution in [3.05, 3.63) is 88.9 Å². The van der Waals surface area contributed by atoms with E-state index >= 15 is 0 Å². The van der Waals surface area contributed by atoms with Crippen LogP contribution in [-0.2, 0) is 27.8 Å². The fourth-order valence-corrected chi connectivity index (χ4v) is 4.89. The van der Waals surface area contributed by atoms with E-state index in [4.69, 9.17) is 21.1 Å². The molecule has 0 heterocycles. The summed E-state index contributed by atoms with van der Waals surface area (Å²) in [5, 5.41) is 3.36. The topological polar surface area (TPSA) is 84.9 Å². The molecule has 1 amide bonds. The first-order valence-corrected chi connectivity index (χ1v) is 12.4. The molecule has 0 unspecified atom stereocenters. The van der Waals surface area contributed by atoms with Gasteiger partial charge in [0.25, 0.3) is 0 Å². The summed E-state index contributed by atoms with van der Waals surface area (Å²) >= 11 is 5.95. The van der Waals surface area contributed by atoms with Gasteiger partial charge in [0.05, 0.1) is 25.7 Å². The van der Waals surface area contributed by atoms with Crippen molar-refractivity contribution in [3.8, 4) is 11.5 Å². The number of sulfonamides is 1. The first-order chi connectivity index (χ1) is 16.3. The van der Waals surface area contributed by atoms with Crippen LogP contribution < -0.4 is 14.8 Å². The molecule has 1 N–H and O–H groups in total. The minimum Gasteiger partial charge on any atom is -0.493 e. The number of nitrogens with zero attached hydrogens (tertiary/aromatic N) is 1. The highest BCUT2D eigenvalue weighted by atomic mass is 35.5. The highest BCUT2D eigenvalue weighted by Crippen LogP contribution is 2.27. The second-order valence-corrected chi connectivity index (χ2v) is 9.88. The van der Waals surface area contributed by atoms with E-state index in [2.05, 4.69) is 5.32 Å². The summed E-state index contributed by atoms with van der Waals surface area (Å²) in [5.74, 6) is 0.836. The van der Waals surface area contributed by atoms with Gasteiger partial charge in [-0.05, 0) is 53.9 Å². The van der Waals surface area contributed by atoms with Gasteiger partial charge in [0.2, 0.25) is 15.9 Å². The van der Waals surface area contributed by atoms with Gasteiger partial charge >= 0.3 is 0 Å². The number of hydrogen-bond donors (Lipinski definition) is 1. The fourth-order valence-electron chi connectivity index (χ4n) is 3.36. The van der Waals surface area contributed by atoms with Gasteiger partial charge < -0.3 is 14.8 Å². The molecule has 3 aromatic carbocycles. The average Bonchev–Trinajstić information content (AvgIpc) is 2.85. The molecule has 0 spiro atoms. The maximum absolute atomic E-state index is 13.3. The van der Waals surface area contributed by atoms with Crippen molar-refractivity contribution >= 4 is 27.5 Å². The van der Waals surface area contributed by atoms with Gasteiger partial charge in [-0.3, -0.25) is 4.79 Å². The molecule has 0 saturated heterocycles. The Bertz CT molecular complexity index is 1200. The van der Waals surface area contributed by atoms with Crippen molar-refractivity contribution in [2.24, 2.45) is 0 Å². The summed E-state index contributed by atoms with van der Waals surface area (Å²) < 4.78 is 38.2. The smallest absolute Gasteiger partial charge is 0.243 e. The lowest BCUT2D eigenvalue weighted by Crippen LogP contribution is -2.40. The number of hydrogen-bond acceptors (Lipinski definition) is 5. The van der Waals surface area contributed by atoms with Crippen LogP contribution in [0.1, 0.15) is 11.1 Å². The molecule has 34 heavy (non-hydrogen) atoms. The Morgan fingerprint density at radius 2 is 1.56 bits per heavy atom. The molecular weight excluding hydrogens is 476 g/mol. The van der Waals surface area contributed by atoms with Crippen molar-refractivity contribution in [1.29, 1.82) is 0 Å². The first kappa shape index (κ1) is 25.6. The first-order valence-electron chi connectivity index (χ1n) is 10.6. The van der Waals surface area contributed by atoms with Crippen molar-refractivity contribution in [1.82, 2.24) is 9.62 Å².